The quantitative estimate of drug-likeness (QED) is 0.708. The minimum atomic E-state index is 0.0228. The maximum atomic E-state index is 4.46. The molecule has 0 N–H and O–H groups in total. The Bertz CT molecular complexity index is 506. The van der Waals surface area contributed by atoms with E-state index in [2.05, 4.69) is 65.5 Å². The van der Waals surface area contributed by atoms with Gasteiger partial charge in [0, 0.05) is 9.86 Å². The molecule has 1 aromatic carbocycles. The van der Waals surface area contributed by atoms with Crippen LogP contribution in [0.15, 0.2) is 22.8 Å². The lowest BCUT2D eigenvalue weighted by molar-refractivity contribution is 0.368. The van der Waals surface area contributed by atoms with Gasteiger partial charge in [-0.05, 0) is 45.4 Å². The highest BCUT2D eigenvalue weighted by molar-refractivity contribution is 9.10. The Kier molecular flexibility index (Phi) is 2.38. The van der Waals surface area contributed by atoms with Crippen LogP contribution in [0.1, 0.15) is 26.3 Å². The van der Waals surface area contributed by atoms with Gasteiger partial charge in [0.2, 0.25) is 0 Å². The number of aromatic nitrogens is 2. The Hall–Kier alpha value is -0.830. The highest BCUT2D eigenvalue weighted by Gasteiger charge is 2.17. The highest BCUT2D eigenvalue weighted by atomic mass is 79.9. The summed E-state index contributed by atoms with van der Waals surface area (Å²) in [6.45, 7) is 8.59. The van der Waals surface area contributed by atoms with Crippen molar-refractivity contribution in [3.05, 3.63) is 28.4 Å². The Morgan fingerprint density at radius 2 is 1.93 bits per heavy atom. The van der Waals surface area contributed by atoms with Crippen molar-refractivity contribution in [3.63, 3.8) is 0 Å². The lowest BCUT2D eigenvalue weighted by Gasteiger charge is -2.20. The maximum Gasteiger partial charge on any atom is 0.0702 e. The molecule has 80 valence electrons. The number of aryl methyl sites for hydroxylation is 1. The lowest BCUT2D eigenvalue weighted by Crippen LogP contribution is -2.22. The lowest BCUT2D eigenvalue weighted by atomic mass is 10.1. The molecule has 0 aliphatic heterocycles. The maximum absolute atomic E-state index is 4.46. The molecular formula is C12H15BrN2. The van der Waals surface area contributed by atoms with Gasteiger partial charge in [-0.2, -0.15) is 5.10 Å². The van der Waals surface area contributed by atoms with Crippen LogP contribution in [0.25, 0.3) is 10.9 Å². The third-order valence-corrected chi connectivity index (χ3v) is 3.07. The number of nitrogens with zero attached hydrogens (tertiary/aromatic N) is 2. The second kappa shape index (κ2) is 3.34. The molecule has 0 aliphatic rings. The summed E-state index contributed by atoms with van der Waals surface area (Å²) in [5, 5.41) is 5.63. The molecule has 0 atom stereocenters. The third-order valence-electron chi connectivity index (χ3n) is 2.42. The predicted molar refractivity (Wildman–Crippen MR) is 67.2 cm³/mol. The molecule has 0 aliphatic carbocycles. The molecule has 0 fully saturated rings. The van der Waals surface area contributed by atoms with Gasteiger partial charge in [0.1, 0.15) is 0 Å². The molecule has 2 rings (SSSR count). The molecule has 0 saturated carbocycles. The first-order valence-corrected chi connectivity index (χ1v) is 5.83. The van der Waals surface area contributed by atoms with E-state index in [9.17, 15) is 0 Å². The molecule has 1 aromatic heterocycles. The molecular weight excluding hydrogens is 252 g/mol. The van der Waals surface area contributed by atoms with Gasteiger partial charge in [0.15, 0.2) is 0 Å². The topological polar surface area (TPSA) is 17.8 Å². The predicted octanol–water partition coefficient (Wildman–Crippen LogP) is 3.86. The van der Waals surface area contributed by atoms with E-state index >= 15 is 0 Å². The van der Waals surface area contributed by atoms with Gasteiger partial charge in [0.05, 0.1) is 17.3 Å². The Morgan fingerprint density at radius 3 is 2.53 bits per heavy atom. The normalized spacial score (nSPS) is 12.3. The number of benzene rings is 1. The van der Waals surface area contributed by atoms with Gasteiger partial charge in [-0.1, -0.05) is 15.9 Å². The van der Waals surface area contributed by atoms with E-state index in [0.717, 1.165) is 4.47 Å². The third kappa shape index (κ3) is 1.81. The molecule has 2 aromatic rings. The van der Waals surface area contributed by atoms with Crippen molar-refractivity contribution in [2.45, 2.75) is 33.2 Å². The fourth-order valence-electron chi connectivity index (χ4n) is 1.75. The smallest absolute Gasteiger partial charge is 0.0702 e. The SMILES string of the molecule is Cc1cc(Br)c2cnn(C(C)(C)C)c2c1. The Morgan fingerprint density at radius 1 is 1.27 bits per heavy atom. The summed E-state index contributed by atoms with van der Waals surface area (Å²) in [5.74, 6) is 0. The minimum absolute atomic E-state index is 0.0228. The van der Waals surface area contributed by atoms with Gasteiger partial charge in [-0.25, -0.2) is 0 Å². The average molecular weight is 267 g/mol. The molecule has 0 saturated heterocycles. The van der Waals surface area contributed by atoms with Crippen LogP contribution in [0, 0.1) is 6.92 Å². The van der Waals surface area contributed by atoms with E-state index in [0.29, 0.717) is 0 Å². The van der Waals surface area contributed by atoms with Crippen LogP contribution in [0.4, 0.5) is 0 Å². The van der Waals surface area contributed by atoms with Crippen molar-refractivity contribution in [1.29, 1.82) is 0 Å². The summed E-state index contributed by atoms with van der Waals surface area (Å²) in [6, 6.07) is 4.30. The van der Waals surface area contributed by atoms with Crippen LogP contribution in [0.2, 0.25) is 0 Å². The molecule has 0 amide bonds. The molecule has 0 spiro atoms. The summed E-state index contributed by atoms with van der Waals surface area (Å²) in [6.07, 6.45) is 1.92. The van der Waals surface area contributed by atoms with E-state index in [1.165, 1.54) is 16.5 Å². The van der Waals surface area contributed by atoms with Crippen molar-refractivity contribution >= 4 is 26.8 Å². The summed E-state index contributed by atoms with van der Waals surface area (Å²) in [4.78, 5) is 0. The van der Waals surface area contributed by atoms with E-state index in [1.54, 1.807) is 0 Å². The number of fused-ring (bicyclic) bond motifs is 1. The van der Waals surface area contributed by atoms with E-state index in [4.69, 9.17) is 0 Å². The number of halogens is 1. The van der Waals surface area contributed by atoms with E-state index in [-0.39, 0.29) is 5.54 Å². The molecule has 0 bridgehead atoms. The number of hydrogen-bond donors (Lipinski definition) is 0. The minimum Gasteiger partial charge on any atom is -0.260 e. The van der Waals surface area contributed by atoms with Crippen LogP contribution >= 0.6 is 15.9 Å². The summed E-state index contributed by atoms with van der Waals surface area (Å²) in [7, 11) is 0. The largest absolute Gasteiger partial charge is 0.260 e. The number of rotatable bonds is 0. The van der Waals surface area contributed by atoms with E-state index in [1.807, 2.05) is 6.20 Å². The molecule has 0 unspecified atom stereocenters. The van der Waals surface area contributed by atoms with E-state index < -0.39 is 0 Å². The van der Waals surface area contributed by atoms with Gasteiger partial charge in [-0.3, -0.25) is 4.68 Å². The van der Waals surface area contributed by atoms with Crippen molar-refractivity contribution in [1.82, 2.24) is 9.78 Å². The van der Waals surface area contributed by atoms with Crippen LogP contribution in [-0.2, 0) is 5.54 Å². The number of hydrogen-bond acceptors (Lipinski definition) is 1. The van der Waals surface area contributed by atoms with Crippen LogP contribution < -0.4 is 0 Å². The Balaban J connectivity index is 2.80. The van der Waals surface area contributed by atoms with Gasteiger partial charge in [0.25, 0.3) is 0 Å². The first-order valence-electron chi connectivity index (χ1n) is 5.04. The van der Waals surface area contributed by atoms with Crippen molar-refractivity contribution in [3.8, 4) is 0 Å². The van der Waals surface area contributed by atoms with Crippen molar-refractivity contribution in [2.75, 3.05) is 0 Å². The molecule has 15 heavy (non-hydrogen) atoms. The van der Waals surface area contributed by atoms with Crippen molar-refractivity contribution < 1.29 is 0 Å². The fraction of sp³-hybridized carbons (Fsp3) is 0.417. The van der Waals surface area contributed by atoms with Crippen LogP contribution in [-0.4, -0.2) is 9.78 Å². The second-order valence-electron chi connectivity index (χ2n) is 4.91. The molecule has 3 heteroatoms. The summed E-state index contributed by atoms with van der Waals surface area (Å²) in [5.41, 5.74) is 2.46. The van der Waals surface area contributed by atoms with Gasteiger partial charge < -0.3 is 0 Å². The van der Waals surface area contributed by atoms with Gasteiger partial charge in [-0.15, -0.1) is 0 Å². The summed E-state index contributed by atoms with van der Waals surface area (Å²) >= 11 is 3.57. The monoisotopic (exact) mass is 266 g/mol. The molecule has 1 heterocycles. The average Bonchev–Trinajstić information content (AvgIpc) is 2.45. The Labute approximate surface area is 98.4 Å². The zero-order valence-electron chi connectivity index (χ0n) is 9.50. The standard InChI is InChI=1S/C12H15BrN2/c1-8-5-10(13)9-7-14-15(11(9)6-8)12(2,3)4/h5-7H,1-4H3. The highest BCUT2D eigenvalue weighted by Crippen LogP contribution is 2.28. The first-order chi connectivity index (χ1) is 6.89. The molecule has 2 nitrogen and oxygen atoms in total. The molecule has 0 radical (unpaired) electrons. The fourth-order valence-corrected chi connectivity index (χ4v) is 2.42. The zero-order chi connectivity index (χ0) is 11.2. The summed E-state index contributed by atoms with van der Waals surface area (Å²) < 4.78 is 3.19. The van der Waals surface area contributed by atoms with Crippen LogP contribution in [0.5, 0.6) is 0 Å². The van der Waals surface area contributed by atoms with Gasteiger partial charge >= 0.3 is 0 Å². The first kappa shape index (κ1) is 10.7. The second-order valence-corrected chi connectivity index (χ2v) is 5.76. The van der Waals surface area contributed by atoms with Crippen molar-refractivity contribution in [2.24, 2.45) is 0 Å². The zero-order valence-corrected chi connectivity index (χ0v) is 11.1. The van der Waals surface area contributed by atoms with Crippen LogP contribution in [0.3, 0.4) is 0 Å².